The topological polar surface area (TPSA) is 110 Å². The predicted octanol–water partition coefficient (Wildman–Crippen LogP) is -3.22. The first-order valence-electron chi connectivity index (χ1n) is 3.56. The first-order chi connectivity index (χ1) is 5.57. The van der Waals surface area contributed by atoms with Gasteiger partial charge in [0.1, 0.15) is 24.4 Å². The Morgan fingerprint density at radius 2 is 1.75 bits per heavy atom. The van der Waals surface area contributed by atoms with Crippen LogP contribution in [0.1, 0.15) is 0 Å². The summed E-state index contributed by atoms with van der Waals surface area (Å²) in [5.74, 6) is 0. The summed E-state index contributed by atoms with van der Waals surface area (Å²) in [6.07, 6.45) is -6.75. The maximum atomic E-state index is 9.12. The summed E-state index contributed by atoms with van der Waals surface area (Å²) in [5.41, 5.74) is 0. The van der Waals surface area contributed by atoms with Crippen LogP contribution in [0.5, 0.6) is 0 Å². The molecule has 0 aromatic carbocycles. The Labute approximate surface area is 68.6 Å². The zero-order valence-corrected chi connectivity index (χ0v) is 6.24. The maximum absolute atomic E-state index is 9.12. The van der Waals surface area contributed by atoms with Crippen LogP contribution in [0.3, 0.4) is 0 Å². The highest BCUT2D eigenvalue weighted by atomic mass is 16.6. The second kappa shape index (κ2) is 3.65. The Bertz CT molecular complexity index is 151. The molecule has 72 valence electrons. The maximum Gasteiger partial charge on any atom is 0.184 e. The Morgan fingerprint density at radius 3 is 2.08 bits per heavy atom. The van der Waals surface area contributed by atoms with Crippen LogP contribution in [0.25, 0.3) is 0 Å². The lowest BCUT2D eigenvalue weighted by molar-refractivity contribution is -0.150. The minimum absolute atomic E-state index is 0.596. The summed E-state index contributed by atoms with van der Waals surface area (Å²) < 4.78 is 4.58. The van der Waals surface area contributed by atoms with Gasteiger partial charge in [0.15, 0.2) is 6.29 Å². The number of hydrogen-bond acceptors (Lipinski definition) is 6. The lowest BCUT2D eigenvalue weighted by atomic mass is 10.1. The van der Waals surface area contributed by atoms with E-state index in [4.69, 9.17) is 25.5 Å². The van der Waals surface area contributed by atoms with Crippen molar-refractivity contribution in [2.75, 3.05) is 6.61 Å². The third kappa shape index (κ3) is 1.58. The molecule has 5 N–H and O–H groups in total. The van der Waals surface area contributed by atoms with E-state index in [0.29, 0.717) is 0 Å². The standard InChI is InChI=1S/C6H12O6/c7-1-2(8)5-3(9)4(10)6(11)12-5/h2-11H,1H2/t2-,3?,4+,5+,6-/m0/s1. The highest BCUT2D eigenvalue weighted by Crippen LogP contribution is 2.21. The predicted molar refractivity (Wildman–Crippen MR) is 36.0 cm³/mol. The summed E-state index contributed by atoms with van der Waals surface area (Å²) in [6, 6.07) is 0. The van der Waals surface area contributed by atoms with E-state index in [9.17, 15) is 0 Å². The molecule has 0 bridgehead atoms. The summed E-state index contributed by atoms with van der Waals surface area (Å²) in [7, 11) is 0. The van der Waals surface area contributed by atoms with E-state index in [0.717, 1.165) is 0 Å². The fourth-order valence-corrected chi connectivity index (χ4v) is 1.11. The van der Waals surface area contributed by atoms with Crippen molar-refractivity contribution in [2.24, 2.45) is 0 Å². The van der Waals surface area contributed by atoms with Gasteiger partial charge in [0.05, 0.1) is 6.61 Å². The number of rotatable bonds is 2. The lowest BCUT2D eigenvalue weighted by Gasteiger charge is -2.18. The van der Waals surface area contributed by atoms with E-state index in [2.05, 4.69) is 4.74 Å². The summed E-state index contributed by atoms with van der Waals surface area (Å²) in [5, 5.41) is 44.4. The van der Waals surface area contributed by atoms with E-state index in [-0.39, 0.29) is 0 Å². The Morgan fingerprint density at radius 1 is 1.17 bits per heavy atom. The Balaban J connectivity index is 2.58. The fraction of sp³-hybridized carbons (Fsp3) is 1.00. The van der Waals surface area contributed by atoms with Crippen LogP contribution in [-0.2, 0) is 4.74 Å². The van der Waals surface area contributed by atoms with Gasteiger partial charge in [0.25, 0.3) is 0 Å². The van der Waals surface area contributed by atoms with Gasteiger partial charge in [0.2, 0.25) is 0 Å². The van der Waals surface area contributed by atoms with Crippen molar-refractivity contribution in [2.45, 2.75) is 30.7 Å². The molecule has 0 saturated carbocycles. The molecule has 6 nitrogen and oxygen atoms in total. The summed E-state index contributed by atoms with van der Waals surface area (Å²) >= 11 is 0. The first kappa shape index (κ1) is 9.85. The molecule has 0 aromatic heterocycles. The van der Waals surface area contributed by atoms with Gasteiger partial charge in [0, 0.05) is 0 Å². The van der Waals surface area contributed by atoms with Crippen LogP contribution in [-0.4, -0.2) is 62.8 Å². The van der Waals surface area contributed by atoms with Crippen molar-refractivity contribution in [3.63, 3.8) is 0 Å². The van der Waals surface area contributed by atoms with Gasteiger partial charge < -0.3 is 30.3 Å². The molecule has 0 radical (unpaired) electrons. The molecule has 1 unspecified atom stereocenters. The lowest BCUT2D eigenvalue weighted by Crippen LogP contribution is -2.40. The SMILES string of the molecule is OC[C@H](O)[C@H]1O[C@H](O)[C@H](O)C1O. The van der Waals surface area contributed by atoms with Gasteiger partial charge in [-0.25, -0.2) is 0 Å². The minimum atomic E-state index is -1.51. The van der Waals surface area contributed by atoms with Gasteiger partial charge in [-0.1, -0.05) is 0 Å². The van der Waals surface area contributed by atoms with Crippen molar-refractivity contribution in [1.82, 2.24) is 0 Å². The van der Waals surface area contributed by atoms with Gasteiger partial charge in [-0.15, -0.1) is 0 Å². The molecular formula is C6H12O6. The third-order valence-electron chi connectivity index (χ3n) is 1.84. The van der Waals surface area contributed by atoms with Crippen LogP contribution < -0.4 is 0 Å². The Kier molecular flexibility index (Phi) is 2.99. The molecule has 1 fully saturated rings. The molecule has 0 amide bonds. The third-order valence-corrected chi connectivity index (χ3v) is 1.84. The average molecular weight is 180 g/mol. The molecule has 1 aliphatic rings. The van der Waals surface area contributed by atoms with Crippen LogP contribution in [0.2, 0.25) is 0 Å². The van der Waals surface area contributed by atoms with Gasteiger partial charge in [-0.2, -0.15) is 0 Å². The summed E-state index contributed by atoms with van der Waals surface area (Å²) in [4.78, 5) is 0. The normalized spacial score (nSPS) is 44.8. The smallest absolute Gasteiger partial charge is 0.184 e. The quantitative estimate of drug-likeness (QED) is 0.306. The molecule has 6 heteroatoms. The molecular weight excluding hydrogens is 168 g/mol. The van der Waals surface area contributed by atoms with E-state index in [1.54, 1.807) is 0 Å². The molecule has 0 spiro atoms. The zero-order chi connectivity index (χ0) is 9.30. The van der Waals surface area contributed by atoms with Crippen molar-refractivity contribution in [3.05, 3.63) is 0 Å². The molecule has 0 aromatic rings. The zero-order valence-electron chi connectivity index (χ0n) is 6.24. The van der Waals surface area contributed by atoms with Crippen LogP contribution in [0.15, 0.2) is 0 Å². The average Bonchev–Trinajstić information content (AvgIpc) is 2.32. The van der Waals surface area contributed by atoms with Crippen LogP contribution in [0, 0.1) is 0 Å². The first-order valence-corrected chi connectivity index (χ1v) is 3.56. The molecule has 1 aliphatic heterocycles. The molecule has 12 heavy (non-hydrogen) atoms. The van der Waals surface area contributed by atoms with Crippen molar-refractivity contribution < 1.29 is 30.3 Å². The van der Waals surface area contributed by atoms with E-state index < -0.39 is 37.3 Å². The van der Waals surface area contributed by atoms with E-state index >= 15 is 0 Å². The van der Waals surface area contributed by atoms with E-state index in [1.807, 2.05) is 0 Å². The largest absolute Gasteiger partial charge is 0.394 e. The Hall–Kier alpha value is -0.240. The summed E-state index contributed by atoms with van der Waals surface area (Å²) in [6.45, 7) is -0.596. The molecule has 1 saturated heterocycles. The number of ether oxygens (including phenoxy) is 1. The van der Waals surface area contributed by atoms with Crippen molar-refractivity contribution in [1.29, 1.82) is 0 Å². The number of aliphatic hydroxyl groups excluding tert-OH is 5. The van der Waals surface area contributed by atoms with Crippen molar-refractivity contribution >= 4 is 0 Å². The molecule has 1 heterocycles. The van der Waals surface area contributed by atoms with Crippen LogP contribution in [0.4, 0.5) is 0 Å². The highest BCUT2D eigenvalue weighted by molar-refractivity contribution is 4.89. The van der Waals surface area contributed by atoms with Crippen LogP contribution >= 0.6 is 0 Å². The van der Waals surface area contributed by atoms with Gasteiger partial charge in [-0.05, 0) is 0 Å². The van der Waals surface area contributed by atoms with E-state index in [1.165, 1.54) is 0 Å². The van der Waals surface area contributed by atoms with Gasteiger partial charge >= 0.3 is 0 Å². The second-order valence-electron chi connectivity index (χ2n) is 2.72. The van der Waals surface area contributed by atoms with Crippen molar-refractivity contribution in [3.8, 4) is 0 Å². The monoisotopic (exact) mass is 180 g/mol. The number of aliphatic hydroxyl groups is 5. The van der Waals surface area contributed by atoms with Gasteiger partial charge in [-0.3, -0.25) is 0 Å². The number of hydrogen-bond donors (Lipinski definition) is 5. The molecule has 5 atom stereocenters. The second-order valence-corrected chi connectivity index (χ2v) is 2.72. The molecule has 1 rings (SSSR count). The molecule has 0 aliphatic carbocycles. The fourth-order valence-electron chi connectivity index (χ4n) is 1.11. The highest BCUT2D eigenvalue weighted by Gasteiger charge is 2.44. The minimum Gasteiger partial charge on any atom is -0.394 e.